The molecule has 2 nitrogen and oxygen atoms in total. The number of rotatable bonds is 3. The fraction of sp³-hybridized carbons (Fsp3) is 0.353. The Morgan fingerprint density at radius 1 is 1.15 bits per heavy atom. The van der Waals surface area contributed by atoms with E-state index in [1.54, 1.807) is 12.3 Å². The lowest BCUT2D eigenvalue weighted by molar-refractivity contribution is 0.399. The van der Waals surface area contributed by atoms with Crippen molar-refractivity contribution >= 4 is 0 Å². The third kappa shape index (κ3) is 3.23. The van der Waals surface area contributed by atoms with Gasteiger partial charge >= 0.3 is 0 Å². The van der Waals surface area contributed by atoms with Crippen LogP contribution in [0.15, 0.2) is 42.6 Å². The highest BCUT2D eigenvalue weighted by atomic mass is 19.1. The largest absolute Gasteiger partial charge is 0.314 e. The second kappa shape index (κ2) is 6.14. The summed E-state index contributed by atoms with van der Waals surface area (Å²) in [4.78, 5) is 3.72. The van der Waals surface area contributed by atoms with Gasteiger partial charge in [0.15, 0.2) is 0 Å². The number of aromatic nitrogens is 1. The first-order valence-corrected chi connectivity index (χ1v) is 7.25. The third-order valence-electron chi connectivity index (χ3n) is 3.88. The number of nitrogens with one attached hydrogen (secondary N) is 1. The first kappa shape index (κ1) is 13.3. The second-order valence-electron chi connectivity index (χ2n) is 5.42. The number of halogens is 1. The van der Waals surface area contributed by atoms with Crippen molar-refractivity contribution in [1.82, 2.24) is 10.3 Å². The van der Waals surface area contributed by atoms with E-state index in [4.69, 9.17) is 0 Å². The van der Waals surface area contributed by atoms with Crippen LogP contribution in [-0.2, 0) is 6.42 Å². The third-order valence-corrected chi connectivity index (χ3v) is 3.88. The minimum absolute atomic E-state index is 0.434. The first-order valence-electron chi connectivity index (χ1n) is 7.25. The topological polar surface area (TPSA) is 24.9 Å². The van der Waals surface area contributed by atoms with E-state index in [1.807, 2.05) is 6.07 Å². The molecule has 1 aromatic carbocycles. The summed E-state index contributed by atoms with van der Waals surface area (Å²) in [5.41, 5.74) is 3.39. The van der Waals surface area contributed by atoms with Gasteiger partial charge in [0.25, 0.3) is 0 Å². The van der Waals surface area contributed by atoms with Gasteiger partial charge in [-0.15, -0.1) is 0 Å². The molecule has 1 fully saturated rings. The molecule has 20 heavy (non-hydrogen) atoms. The Morgan fingerprint density at radius 3 is 2.85 bits per heavy atom. The van der Waals surface area contributed by atoms with Gasteiger partial charge in [0.2, 0.25) is 5.95 Å². The number of hydrogen-bond donors (Lipinski definition) is 1. The van der Waals surface area contributed by atoms with Crippen molar-refractivity contribution in [1.29, 1.82) is 0 Å². The normalized spacial score (nSPS) is 18.9. The summed E-state index contributed by atoms with van der Waals surface area (Å²) >= 11 is 0. The summed E-state index contributed by atoms with van der Waals surface area (Å²) in [5, 5.41) is 3.57. The molecule has 0 unspecified atom stereocenters. The standard InChI is InChI=1S/C17H19FN2/c18-17-8-7-15(12-20-17)14-5-3-4-13(10-14)11-16-6-1-2-9-19-16/h3-5,7-8,10,12,16,19H,1-2,6,9,11H2/t16-/m0/s1. The van der Waals surface area contributed by atoms with E-state index in [1.165, 1.54) is 30.9 Å². The zero-order chi connectivity index (χ0) is 13.8. The van der Waals surface area contributed by atoms with Gasteiger partial charge in [0, 0.05) is 17.8 Å². The summed E-state index contributed by atoms with van der Waals surface area (Å²) in [6.07, 6.45) is 6.51. The molecular weight excluding hydrogens is 251 g/mol. The molecule has 1 aliphatic heterocycles. The second-order valence-corrected chi connectivity index (χ2v) is 5.42. The van der Waals surface area contributed by atoms with Crippen LogP contribution in [-0.4, -0.2) is 17.6 Å². The molecule has 104 valence electrons. The maximum absolute atomic E-state index is 12.9. The van der Waals surface area contributed by atoms with Gasteiger partial charge in [-0.2, -0.15) is 4.39 Å². The van der Waals surface area contributed by atoms with Crippen molar-refractivity contribution in [2.45, 2.75) is 31.7 Å². The Kier molecular flexibility index (Phi) is 4.07. The van der Waals surface area contributed by atoms with E-state index in [0.29, 0.717) is 6.04 Å². The summed E-state index contributed by atoms with van der Waals surface area (Å²) in [7, 11) is 0. The zero-order valence-corrected chi connectivity index (χ0v) is 11.5. The average molecular weight is 270 g/mol. The minimum atomic E-state index is -0.434. The molecule has 0 radical (unpaired) electrons. The van der Waals surface area contributed by atoms with Crippen LogP contribution in [0.5, 0.6) is 0 Å². The fourth-order valence-electron chi connectivity index (χ4n) is 2.81. The van der Waals surface area contributed by atoms with Gasteiger partial charge in [0.1, 0.15) is 0 Å². The fourth-order valence-corrected chi connectivity index (χ4v) is 2.81. The van der Waals surface area contributed by atoms with Crippen LogP contribution in [0.2, 0.25) is 0 Å². The summed E-state index contributed by atoms with van der Waals surface area (Å²) in [6, 6.07) is 12.2. The van der Waals surface area contributed by atoms with E-state index in [0.717, 1.165) is 24.1 Å². The molecule has 1 atom stereocenters. The SMILES string of the molecule is Fc1ccc(-c2cccc(C[C@@H]3CCCCN3)c2)cn1. The van der Waals surface area contributed by atoms with Gasteiger partial charge in [-0.1, -0.05) is 30.7 Å². The molecule has 1 saturated heterocycles. The van der Waals surface area contributed by atoms with Crippen LogP contribution in [0.1, 0.15) is 24.8 Å². The maximum atomic E-state index is 12.9. The lowest BCUT2D eigenvalue weighted by Gasteiger charge is -2.23. The molecule has 0 aliphatic carbocycles. The molecule has 3 rings (SSSR count). The molecule has 0 amide bonds. The quantitative estimate of drug-likeness (QED) is 0.862. The Bertz CT molecular complexity index is 559. The van der Waals surface area contributed by atoms with Gasteiger partial charge in [-0.25, -0.2) is 4.98 Å². The molecular formula is C17H19FN2. The van der Waals surface area contributed by atoms with Crippen molar-refractivity contribution in [3.63, 3.8) is 0 Å². The van der Waals surface area contributed by atoms with Gasteiger partial charge in [-0.05, 0) is 49.1 Å². The van der Waals surface area contributed by atoms with Crippen LogP contribution in [0.4, 0.5) is 4.39 Å². The van der Waals surface area contributed by atoms with E-state index in [9.17, 15) is 4.39 Å². The smallest absolute Gasteiger partial charge is 0.212 e. The summed E-state index contributed by atoms with van der Waals surface area (Å²) in [6.45, 7) is 1.13. The molecule has 1 N–H and O–H groups in total. The van der Waals surface area contributed by atoms with Crippen molar-refractivity contribution in [2.24, 2.45) is 0 Å². The van der Waals surface area contributed by atoms with E-state index in [-0.39, 0.29) is 0 Å². The van der Waals surface area contributed by atoms with Gasteiger partial charge in [0.05, 0.1) is 0 Å². The van der Waals surface area contributed by atoms with Crippen molar-refractivity contribution in [3.05, 3.63) is 54.1 Å². The number of piperidine rings is 1. The molecule has 0 spiro atoms. The predicted molar refractivity (Wildman–Crippen MR) is 79.0 cm³/mol. The van der Waals surface area contributed by atoms with Crippen LogP contribution in [0.3, 0.4) is 0 Å². The van der Waals surface area contributed by atoms with Crippen LogP contribution in [0, 0.1) is 5.95 Å². The molecule has 1 aromatic heterocycles. The molecule has 0 bridgehead atoms. The Hall–Kier alpha value is -1.74. The lowest BCUT2D eigenvalue weighted by atomic mass is 9.96. The zero-order valence-electron chi connectivity index (χ0n) is 11.5. The predicted octanol–water partition coefficient (Wildman–Crippen LogP) is 3.57. The summed E-state index contributed by atoms with van der Waals surface area (Å²) in [5.74, 6) is -0.434. The van der Waals surface area contributed by atoms with E-state index < -0.39 is 5.95 Å². The average Bonchev–Trinajstić information content (AvgIpc) is 2.49. The highest BCUT2D eigenvalue weighted by molar-refractivity contribution is 5.63. The molecule has 2 heterocycles. The highest BCUT2D eigenvalue weighted by Crippen LogP contribution is 2.21. The Balaban J connectivity index is 1.76. The first-order chi connectivity index (χ1) is 9.81. The molecule has 3 heteroatoms. The number of pyridine rings is 1. The monoisotopic (exact) mass is 270 g/mol. The van der Waals surface area contributed by atoms with Gasteiger partial charge < -0.3 is 5.32 Å². The highest BCUT2D eigenvalue weighted by Gasteiger charge is 2.13. The minimum Gasteiger partial charge on any atom is -0.314 e. The van der Waals surface area contributed by atoms with Crippen LogP contribution >= 0.6 is 0 Å². The maximum Gasteiger partial charge on any atom is 0.212 e. The summed E-state index contributed by atoms with van der Waals surface area (Å²) < 4.78 is 12.9. The van der Waals surface area contributed by atoms with Crippen molar-refractivity contribution in [3.8, 4) is 11.1 Å². The Labute approximate surface area is 119 Å². The van der Waals surface area contributed by atoms with Crippen molar-refractivity contribution in [2.75, 3.05) is 6.54 Å². The number of benzene rings is 1. The molecule has 1 aliphatic rings. The van der Waals surface area contributed by atoms with Crippen molar-refractivity contribution < 1.29 is 4.39 Å². The lowest BCUT2D eigenvalue weighted by Crippen LogP contribution is -2.35. The molecule has 0 saturated carbocycles. The van der Waals surface area contributed by atoms with Crippen LogP contribution in [0.25, 0.3) is 11.1 Å². The van der Waals surface area contributed by atoms with E-state index >= 15 is 0 Å². The van der Waals surface area contributed by atoms with Gasteiger partial charge in [-0.3, -0.25) is 0 Å². The van der Waals surface area contributed by atoms with E-state index in [2.05, 4.69) is 28.5 Å². The number of hydrogen-bond acceptors (Lipinski definition) is 2. The molecule has 2 aromatic rings. The Morgan fingerprint density at radius 2 is 2.10 bits per heavy atom. The number of nitrogens with zero attached hydrogens (tertiary/aromatic N) is 1. The van der Waals surface area contributed by atoms with Crippen LogP contribution < -0.4 is 5.32 Å².